The molecule has 0 spiro atoms. The normalized spacial score (nSPS) is 10.7. The zero-order valence-corrected chi connectivity index (χ0v) is 20.6. The van der Waals surface area contributed by atoms with Crippen LogP contribution in [0, 0.1) is 10.1 Å². The van der Waals surface area contributed by atoms with Crippen molar-refractivity contribution in [1.29, 1.82) is 0 Å². The maximum atomic E-state index is 13.4. The lowest BCUT2D eigenvalue weighted by atomic mass is 10.2. The van der Waals surface area contributed by atoms with Crippen molar-refractivity contribution in [3.05, 3.63) is 52.1 Å². The molecule has 1 heterocycles. The van der Waals surface area contributed by atoms with Crippen LogP contribution in [-0.2, 0) is 0 Å². The van der Waals surface area contributed by atoms with Gasteiger partial charge in [-0.2, -0.15) is 0 Å². The Labute approximate surface area is 202 Å². The van der Waals surface area contributed by atoms with Crippen LogP contribution in [0.2, 0.25) is 0 Å². The van der Waals surface area contributed by atoms with Crippen molar-refractivity contribution in [2.75, 3.05) is 45.3 Å². The number of methoxy groups -OCH3 is 2. The fraction of sp³-hybridized carbons (Fsp3) is 0.364. The average Bonchev–Trinajstić information content (AvgIpc) is 3.23. The number of fused-ring (bicyclic) bond motifs is 1. The zero-order chi connectivity index (χ0) is 23.3. The van der Waals surface area contributed by atoms with Gasteiger partial charge in [-0.15, -0.1) is 12.4 Å². The molecule has 0 saturated carbocycles. The molecule has 0 aliphatic rings. The van der Waals surface area contributed by atoms with E-state index in [4.69, 9.17) is 9.47 Å². The summed E-state index contributed by atoms with van der Waals surface area (Å²) in [5.41, 5.74) is 1.01. The molecule has 0 fully saturated rings. The van der Waals surface area contributed by atoms with Crippen molar-refractivity contribution in [3.8, 4) is 11.5 Å². The Morgan fingerprint density at radius 2 is 1.67 bits per heavy atom. The molecule has 33 heavy (non-hydrogen) atoms. The number of likely N-dealkylation sites (N-methyl/N-ethyl adjacent to an activating group) is 1. The number of nitro groups is 1. The first kappa shape index (κ1) is 26.3. The summed E-state index contributed by atoms with van der Waals surface area (Å²) in [7, 11) is 3.13. The summed E-state index contributed by atoms with van der Waals surface area (Å²) in [6.07, 6.45) is 0. The number of aromatic nitrogens is 1. The molecular formula is C22H27ClN4O5S. The number of anilines is 1. The lowest BCUT2D eigenvalue weighted by Crippen LogP contribution is -2.38. The van der Waals surface area contributed by atoms with Crippen LogP contribution in [0.25, 0.3) is 10.2 Å². The lowest BCUT2D eigenvalue weighted by Gasteiger charge is -2.24. The van der Waals surface area contributed by atoms with Crippen LogP contribution in [0.4, 0.5) is 10.8 Å². The fourth-order valence-corrected chi connectivity index (χ4v) is 4.31. The number of nitrogens with zero attached hydrogens (tertiary/aromatic N) is 4. The smallest absolute Gasteiger partial charge is 0.269 e. The molecule has 0 N–H and O–H groups in total. The highest BCUT2D eigenvalue weighted by Crippen LogP contribution is 2.37. The van der Waals surface area contributed by atoms with Gasteiger partial charge in [0.2, 0.25) is 0 Å². The maximum Gasteiger partial charge on any atom is 0.269 e. The van der Waals surface area contributed by atoms with Crippen LogP contribution in [0.15, 0.2) is 36.4 Å². The van der Waals surface area contributed by atoms with Crippen molar-refractivity contribution < 1.29 is 19.2 Å². The summed E-state index contributed by atoms with van der Waals surface area (Å²) < 4.78 is 11.6. The molecule has 0 unspecified atom stereocenters. The summed E-state index contributed by atoms with van der Waals surface area (Å²) in [5, 5.41) is 11.5. The second kappa shape index (κ2) is 11.8. The predicted molar refractivity (Wildman–Crippen MR) is 133 cm³/mol. The maximum absolute atomic E-state index is 13.4. The van der Waals surface area contributed by atoms with E-state index in [1.54, 1.807) is 25.2 Å². The third-order valence-electron chi connectivity index (χ3n) is 5.22. The summed E-state index contributed by atoms with van der Waals surface area (Å²) in [4.78, 5) is 32.4. The molecule has 0 aliphatic carbocycles. The molecule has 3 rings (SSSR count). The van der Waals surface area contributed by atoms with E-state index >= 15 is 0 Å². The Kier molecular flexibility index (Phi) is 9.39. The molecule has 1 aromatic heterocycles. The highest BCUT2D eigenvalue weighted by molar-refractivity contribution is 7.22. The molecule has 1 amide bonds. The minimum Gasteiger partial charge on any atom is -0.493 e. The first-order chi connectivity index (χ1) is 15.4. The Hall–Kier alpha value is -2.95. The lowest BCUT2D eigenvalue weighted by molar-refractivity contribution is -0.384. The number of hydrogen-bond acceptors (Lipinski definition) is 8. The van der Waals surface area contributed by atoms with E-state index in [1.807, 2.05) is 6.07 Å². The van der Waals surface area contributed by atoms with Crippen LogP contribution < -0.4 is 14.4 Å². The standard InChI is InChI=1S/C22H26N4O5S.ClH/c1-5-24(6-2)11-12-25(21(27)15-7-9-16(10-8-15)26(28)29)22-23-17-13-18(30-3)19(31-4)14-20(17)32-22;/h7-10,13-14H,5-6,11-12H2,1-4H3;1H. The van der Waals surface area contributed by atoms with Crippen molar-refractivity contribution in [2.45, 2.75) is 13.8 Å². The number of hydrogen-bond donors (Lipinski definition) is 0. The van der Waals surface area contributed by atoms with Crippen LogP contribution in [0.1, 0.15) is 24.2 Å². The number of non-ortho nitro benzene ring substituents is 1. The highest BCUT2D eigenvalue weighted by Gasteiger charge is 2.23. The summed E-state index contributed by atoms with van der Waals surface area (Å²) in [6.45, 7) is 6.99. The van der Waals surface area contributed by atoms with Crippen LogP contribution in [-0.4, -0.2) is 61.1 Å². The van der Waals surface area contributed by atoms with Gasteiger partial charge in [-0.05, 0) is 25.2 Å². The van der Waals surface area contributed by atoms with Crippen molar-refractivity contribution in [3.63, 3.8) is 0 Å². The second-order valence-electron chi connectivity index (χ2n) is 6.96. The number of carbonyl (C=O) groups is 1. The largest absolute Gasteiger partial charge is 0.493 e. The SMILES string of the molecule is CCN(CC)CCN(C(=O)c1ccc([N+](=O)[O-])cc1)c1nc2cc(OC)c(OC)cc2s1.Cl. The number of benzene rings is 2. The topological polar surface area (TPSA) is 98.0 Å². The third kappa shape index (κ3) is 5.89. The molecular weight excluding hydrogens is 468 g/mol. The van der Waals surface area contributed by atoms with Gasteiger partial charge in [-0.25, -0.2) is 4.98 Å². The Morgan fingerprint density at radius 3 is 2.21 bits per heavy atom. The number of ether oxygens (including phenoxy) is 2. The van der Waals surface area contributed by atoms with Crippen LogP contribution in [0.5, 0.6) is 11.5 Å². The van der Waals surface area contributed by atoms with Gasteiger partial charge in [0.15, 0.2) is 16.6 Å². The minimum atomic E-state index is -0.485. The number of halogens is 1. The van der Waals surface area contributed by atoms with Crippen LogP contribution in [0.3, 0.4) is 0 Å². The number of nitro benzene ring substituents is 1. The van der Waals surface area contributed by atoms with E-state index in [0.29, 0.717) is 40.8 Å². The summed E-state index contributed by atoms with van der Waals surface area (Å²) in [6, 6.07) is 9.25. The zero-order valence-electron chi connectivity index (χ0n) is 18.9. The van der Waals surface area contributed by atoms with Gasteiger partial charge < -0.3 is 14.4 Å². The molecule has 9 nitrogen and oxygen atoms in total. The molecule has 11 heteroatoms. The van der Waals surface area contributed by atoms with E-state index in [2.05, 4.69) is 23.7 Å². The first-order valence-electron chi connectivity index (χ1n) is 10.2. The quantitative estimate of drug-likeness (QED) is 0.299. The minimum absolute atomic E-state index is 0. The van der Waals surface area contributed by atoms with E-state index < -0.39 is 4.92 Å². The average molecular weight is 495 g/mol. The molecule has 0 bridgehead atoms. The van der Waals surface area contributed by atoms with Gasteiger partial charge >= 0.3 is 0 Å². The molecule has 0 aliphatic heterocycles. The van der Waals surface area contributed by atoms with Gasteiger partial charge in [-0.1, -0.05) is 25.2 Å². The summed E-state index contributed by atoms with van der Waals surface area (Å²) >= 11 is 1.38. The molecule has 3 aromatic rings. The predicted octanol–water partition coefficient (Wildman–Crippen LogP) is 4.63. The fourth-order valence-electron chi connectivity index (χ4n) is 3.31. The third-order valence-corrected chi connectivity index (χ3v) is 6.26. The monoisotopic (exact) mass is 494 g/mol. The van der Waals surface area contributed by atoms with Crippen LogP contribution >= 0.6 is 23.7 Å². The molecule has 2 aromatic carbocycles. The number of carbonyl (C=O) groups excluding carboxylic acids is 1. The second-order valence-corrected chi connectivity index (χ2v) is 7.97. The van der Waals surface area contributed by atoms with Crippen molar-refractivity contribution in [1.82, 2.24) is 9.88 Å². The molecule has 0 saturated heterocycles. The van der Waals surface area contributed by atoms with Gasteiger partial charge in [0.1, 0.15) is 0 Å². The van der Waals surface area contributed by atoms with Crippen molar-refractivity contribution in [2.24, 2.45) is 0 Å². The van der Waals surface area contributed by atoms with Gasteiger partial charge in [0, 0.05) is 42.9 Å². The summed E-state index contributed by atoms with van der Waals surface area (Å²) in [5.74, 6) is 0.893. The van der Waals surface area contributed by atoms with E-state index in [-0.39, 0.29) is 24.0 Å². The van der Waals surface area contributed by atoms with Gasteiger partial charge in [-0.3, -0.25) is 19.8 Å². The number of rotatable bonds is 10. The Bertz CT molecular complexity index is 1060. The van der Waals surface area contributed by atoms with E-state index in [9.17, 15) is 14.9 Å². The number of thiazole rings is 1. The first-order valence-corrected chi connectivity index (χ1v) is 11.0. The molecule has 178 valence electrons. The van der Waals surface area contributed by atoms with Gasteiger partial charge in [0.25, 0.3) is 11.6 Å². The Morgan fingerprint density at radius 1 is 1.06 bits per heavy atom. The van der Waals surface area contributed by atoms with E-state index in [1.165, 1.54) is 35.6 Å². The molecule has 0 atom stereocenters. The van der Waals surface area contributed by atoms with Crippen molar-refractivity contribution >= 4 is 50.7 Å². The molecule has 0 radical (unpaired) electrons. The van der Waals surface area contributed by atoms with E-state index in [0.717, 1.165) is 17.8 Å². The Balaban J connectivity index is 0.00000385. The van der Waals surface area contributed by atoms with Gasteiger partial charge in [0.05, 0.1) is 29.4 Å². The highest BCUT2D eigenvalue weighted by atomic mass is 35.5. The number of amides is 1.